The molecule has 0 saturated carbocycles. The average Bonchev–Trinajstić information content (AvgIpc) is 2.69. The molecule has 9 heteroatoms. The van der Waals surface area contributed by atoms with Crippen LogP contribution in [-0.4, -0.2) is 39.9 Å². The number of likely N-dealkylation sites (N-methyl/N-ethyl adjacent to an activating group) is 1. The van der Waals surface area contributed by atoms with Gasteiger partial charge < -0.3 is 10.2 Å². The van der Waals surface area contributed by atoms with E-state index in [2.05, 4.69) is 26.2 Å². The van der Waals surface area contributed by atoms with Crippen LogP contribution in [0.1, 0.15) is 6.42 Å². The summed E-state index contributed by atoms with van der Waals surface area (Å²) in [5.41, 5.74) is 0.0397. The van der Waals surface area contributed by atoms with E-state index in [0.717, 1.165) is 4.47 Å². The Morgan fingerprint density at radius 1 is 1.10 bits per heavy atom. The van der Waals surface area contributed by atoms with Crippen molar-refractivity contribution in [1.82, 2.24) is 14.5 Å². The summed E-state index contributed by atoms with van der Waals surface area (Å²) in [5, 5.41) is 3.11. The van der Waals surface area contributed by atoms with Gasteiger partial charge in [-0.1, -0.05) is 24.3 Å². The molecule has 2 amide bonds. The number of anilines is 1. The second-order valence-electron chi connectivity index (χ2n) is 6.46. The van der Waals surface area contributed by atoms with Crippen LogP contribution in [0.5, 0.6) is 0 Å². The van der Waals surface area contributed by atoms with Crippen LogP contribution in [-0.2, 0) is 16.1 Å². The lowest BCUT2D eigenvalue weighted by atomic mass is 10.2. The first kappa shape index (κ1) is 20.5. The number of hydrogen-bond donors (Lipinski definition) is 2. The molecule has 0 bridgehead atoms. The number of nitrogens with zero attached hydrogens (tertiary/aromatic N) is 2. The van der Waals surface area contributed by atoms with E-state index >= 15 is 0 Å². The minimum Gasteiger partial charge on any atom is -0.336 e. The molecule has 2 aromatic carbocycles. The minimum atomic E-state index is -0.573. The van der Waals surface area contributed by atoms with Gasteiger partial charge in [0.2, 0.25) is 11.8 Å². The summed E-state index contributed by atoms with van der Waals surface area (Å²) in [7, 11) is 1.52. The molecule has 0 radical (unpaired) electrons. The highest BCUT2D eigenvalue weighted by molar-refractivity contribution is 9.10. The van der Waals surface area contributed by atoms with Crippen molar-refractivity contribution in [2.75, 3.05) is 18.9 Å². The van der Waals surface area contributed by atoms with E-state index in [4.69, 9.17) is 0 Å². The second-order valence-corrected chi connectivity index (χ2v) is 7.31. The lowest BCUT2D eigenvalue weighted by Gasteiger charge is -2.18. The Morgan fingerprint density at radius 3 is 2.55 bits per heavy atom. The van der Waals surface area contributed by atoms with Crippen LogP contribution in [0, 0.1) is 0 Å². The topological polar surface area (TPSA) is 104 Å². The Labute approximate surface area is 174 Å². The number of aromatic amines is 1. The zero-order valence-electron chi connectivity index (χ0n) is 15.6. The number of H-pyrrole nitrogens is 1. The van der Waals surface area contributed by atoms with E-state index in [0.29, 0.717) is 16.6 Å². The molecule has 0 aliphatic heterocycles. The molecule has 0 unspecified atom stereocenters. The molecule has 3 rings (SSSR count). The van der Waals surface area contributed by atoms with Crippen molar-refractivity contribution in [3.05, 3.63) is 73.8 Å². The molecule has 3 aromatic rings. The number of nitrogens with one attached hydrogen (secondary N) is 2. The third-order valence-electron chi connectivity index (χ3n) is 4.41. The highest BCUT2D eigenvalue weighted by atomic mass is 79.9. The van der Waals surface area contributed by atoms with E-state index in [1.165, 1.54) is 16.5 Å². The van der Waals surface area contributed by atoms with Gasteiger partial charge in [0.1, 0.15) is 0 Å². The number of aryl methyl sites for hydroxylation is 1. The fourth-order valence-electron chi connectivity index (χ4n) is 2.92. The van der Waals surface area contributed by atoms with Crippen molar-refractivity contribution in [1.29, 1.82) is 0 Å². The third kappa shape index (κ3) is 4.80. The molecule has 0 fully saturated rings. The number of hydrogen-bond acceptors (Lipinski definition) is 4. The number of carbonyl (C=O) groups is 2. The number of amides is 2. The smallest absolute Gasteiger partial charge is 0.328 e. The number of benzene rings is 2. The first-order valence-electron chi connectivity index (χ1n) is 8.87. The standard InChI is InChI=1S/C20H19BrN4O4/c1-24(12-17(26)22-15-8-4-3-7-14(15)21)18(27)10-11-25-16-9-5-2-6-13(16)19(28)23-20(25)29/h2-9H,10-12H2,1H3,(H,22,26)(H,23,28,29). The molecule has 0 aliphatic rings. The van der Waals surface area contributed by atoms with Gasteiger partial charge in [0.15, 0.2) is 0 Å². The predicted octanol–water partition coefficient (Wildman–Crippen LogP) is 1.94. The molecule has 8 nitrogen and oxygen atoms in total. The van der Waals surface area contributed by atoms with Crippen LogP contribution >= 0.6 is 15.9 Å². The zero-order valence-corrected chi connectivity index (χ0v) is 17.2. The maximum absolute atomic E-state index is 12.4. The zero-order chi connectivity index (χ0) is 21.0. The van der Waals surface area contributed by atoms with Crippen molar-refractivity contribution in [3.8, 4) is 0 Å². The number of aromatic nitrogens is 2. The van der Waals surface area contributed by atoms with Gasteiger partial charge in [-0.15, -0.1) is 0 Å². The van der Waals surface area contributed by atoms with Crippen LogP contribution in [0.4, 0.5) is 5.69 Å². The highest BCUT2D eigenvalue weighted by Crippen LogP contribution is 2.21. The summed E-state index contributed by atoms with van der Waals surface area (Å²) < 4.78 is 2.09. The summed E-state index contributed by atoms with van der Waals surface area (Å²) in [6.07, 6.45) is 0.00869. The SMILES string of the molecule is CN(CC(=O)Nc1ccccc1Br)C(=O)CCn1c(=O)[nH]c(=O)c2ccccc21. The Morgan fingerprint density at radius 2 is 1.79 bits per heavy atom. The van der Waals surface area contributed by atoms with Gasteiger partial charge in [-0.25, -0.2) is 4.79 Å². The van der Waals surface area contributed by atoms with Gasteiger partial charge in [0.25, 0.3) is 5.56 Å². The number of rotatable bonds is 6. The van der Waals surface area contributed by atoms with E-state index in [1.807, 2.05) is 6.07 Å². The molecule has 0 aliphatic carbocycles. The summed E-state index contributed by atoms with van der Waals surface area (Å²) in [4.78, 5) is 52.3. The second kappa shape index (κ2) is 8.87. The first-order chi connectivity index (χ1) is 13.9. The van der Waals surface area contributed by atoms with Crippen LogP contribution < -0.4 is 16.6 Å². The van der Waals surface area contributed by atoms with Gasteiger partial charge in [0.05, 0.1) is 23.1 Å². The summed E-state index contributed by atoms with van der Waals surface area (Å²) >= 11 is 3.35. The predicted molar refractivity (Wildman–Crippen MR) is 114 cm³/mol. The van der Waals surface area contributed by atoms with Crippen LogP contribution in [0.25, 0.3) is 10.9 Å². The molecule has 0 saturated heterocycles. The van der Waals surface area contributed by atoms with Crippen LogP contribution in [0.15, 0.2) is 62.6 Å². The fraction of sp³-hybridized carbons (Fsp3) is 0.200. The molecule has 0 atom stereocenters. The Balaban J connectivity index is 1.64. The number of fused-ring (bicyclic) bond motifs is 1. The largest absolute Gasteiger partial charge is 0.336 e. The lowest BCUT2D eigenvalue weighted by Crippen LogP contribution is -2.36. The summed E-state index contributed by atoms with van der Waals surface area (Å²) in [5.74, 6) is -0.631. The summed E-state index contributed by atoms with van der Waals surface area (Å²) in [6.45, 7) is -0.0351. The third-order valence-corrected chi connectivity index (χ3v) is 5.10. The van der Waals surface area contributed by atoms with E-state index < -0.39 is 11.2 Å². The van der Waals surface area contributed by atoms with Gasteiger partial charge in [-0.05, 0) is 40.2 Å². The monoisotopic (exact) mass is 458 g/mol. The Kier molecular flexibility index (Phi) is 6.28. The Bertz CT molecular complexity index is 1180. The first-order valence-corrected chi connectivity index (χ1v) is 9.66. The maximum atomic E-state index is 12.4. The quantitative estimate of drug-likeness (QED) is 0.588. The highest BCUT2D eigenvalue weighted by Gasteiger charge is 2.15. The van der Waals surface area contributed by atoms with Crippen molar-refractivity contribution >= 4 is 44.3 Å². The number of carbonyl (C=O) groups excluding carboxylic acids is 2. The molecule has 1 heterocycles. The summed E-state index contributed by atoms with van der Waals surface area (Å²) in [6, 6.07) is 13.9. The van der Waals surface area contributed by atoms with Crippen molar-refractivity contribution < 1.29 is 9.59 Å². The molecule has 0 spiro atoms. The van der Waals surface area contributed by atoms with E-state index in [-0.39, 0.29) is 31.3 Å². The van der Waals surface area contributed by atoms with Crippen molar-refractivity contribution in [2.45, 2.75) is 13.0 Å². The minimum absolute atomic E-state index is 0.00869. The molecular weight excluding hydrogens is 440 g/mol. The molecule has 150 valence electrons. The molecule has 29 heavy (non-hydrogen) atoms. The van der Waals surface area contributed by atoms with Crippen molar-refractivity contribution in [3.63, 3.8) is 0 Å². The van der Waals surface area contributed by atoms with E-state index in [1.54, 1.807) is 42.5 Å². The normalized spacial score (nSPS) is 10.7. The number of para-hydroxylation sites is 2. The van der Waals surface area contributed by atoms with Gasteiger partial charge in [-0.3, -0.25) is 23.9 Å². The fourth-order valence-corrected chi connectivity index (χ4v) is 3.30. The van der Waals surface area contributed by atoms with Crippen LogP contribution in [0.2, 0.25) is 0 Å². The Hall–Kier alpha value is -3.20. The van der Waals surface area contributed by atoms with Gasteiger partial charge in [-0.2, -0.15) is 0 Å². The van der Waals surface area contributed by atoms with Gasteiger partial charge >= 0.3 is 5.69 Å². The number of halogens is 1. The lowest BCUT2D eigenvalue weighted by molar-refractivity contribution is -0.133. The van der Waals surface area contributed by atoms with Crippen molar-refractivity contribution in [2.24, 2.45) is 0 Å². The maximum Gasteiger partial charge on any atom is 0.328 e. The van der Waals surface area contributed by atoms with Crippen LogP contribution in [0.3, 0.4) is 0 Å². The average molecular weight is 459 g/mol. The molecule has 1 aromatic heterocycles. The molecule has 2 N–H and O–H groups in total. The molecular formula is C20H19BrN4O4. The van der Waals surface area contributed by atoms with E-state index in [9.17, 15) is 19.2 Å². The van der Waals surface area contributed by atoms with Gasteiger partial charge in [0, 0.05) is 24.5 Å².